The molecule has 0 unspecified atom stereocenters. The normalized spacial score (nSPS) is 13.7. The van der Waals surface area contributed by atoms with Gasteiger partial charge in [-0.3, -0.25) is 0 Å². The van der Waals surface area contributed by atoms with Gasteiger partial charge in [0.2, 0.25) is 16.0 Å². The van der Waals surface area contributed by atoms with Crippen molar-refractivity contribution in [3.63, 3.8) is 0 Å². The number of hydrogen-bond donors (Lipinski definition) is 2. The molecule has 0 saturated heterocycles. The largest absolute Gasteiger partial charge is 0.324 e. The molecule has 0 bridgehead atoms. The molecule has 3 aromatic rings. The molecule has 3 N–H and O–H groups in total. The van der Waals surface area contributed by atoms with Gasteiger partial charge in [-0.15, -0.1) is 0 Å². The minimum Gasteiger partial charge on any atom is -0.324 e. The quantitative estimate of drug-likeness (QED) is 0.688. The lowest BCUT2D eigenvalue weighted by Crippen LogP contribution is -2.11. The van der Waals surface area contributed by atoms with E-state index in [2.05, 4.69) is 33.5 Å². The standard InChI is InChI=1S/C20H17N5O2S/c21-11-16-12-23-20(24-17-6-8-18(9-7-17)28(22,26)27)25-19(16)15-3-1-2-14(10-15)13-4-5-13/h1-3,6-10,12-13H,4-5H2,(H2,22,26,27)(H,23,24,25). The Labute approximate surface area is 162 Å². The minimum absolute atomic E-state index is 0.0244. The number of aromatic nitrogens is 2. The smallest absolute Gasteiger partial charge is 0.238 e. The van der Waals surface area contributed by atoms with E-state index in [0.29, 0.717) is 28.8 Å². The number of sulfonamides is 1. The van der Waals surface area contributed by atoms with Crippen LogP contribution in [0.15, 0.2) is 59.6 Å². The molecule has 1 heterocycles. The molecule has 0 spiro atoms. The van der Waals surface area contributed by atoms with Crippen molar-refractivity contribution in [3.05, 3.63) is 65.9 Å². The number of nitrogens with one attached hydrogen (secondary N) is 1. The summed E-state index contributed by atoms with van der Waals surface area (Å²) in [4.78, 5) is 8.72. The monoisotopic (exact) mass is 391 g/mol. The first-order valence-electron chi connectivity index (χ1n) is 8.71. The lowest BCUT2D eigenvalue weighted by Gasteiger charge is -2.10. The summed E-state index contributed by atoms with van der Waals surface area (Å²) in [6.45, 7) is 0. The molecule has 1 fully saturated rings. The second-order valence-electron chi connectivity index (χ2n) is 6.66. The Hall–Kier alpha value is -3.28. The third-order valence-corrected chi connectivity index (χ3v) is 5.49. The van der Waals surface area contributed by atoms with Crippen LogP contribution in [0.1, 0.15) is 29.9 Å². The van der Waals surface area contributed by atoms with Gasteiger partial charge in [0.1, 0.15) is 6.07 Å². The van der Waals surface area contributed by atoms with Gasteiger partial charge in [0.05, 0.1) is 22.3 Å². The number of nitrogens with zero attached hydrogens (tertiary/aromatic N) is 3. The second kappa shape index (κ2) is 7.03. The van der Waals surface area contributed by atoms with Crippen molar-refractivity contribution in [1.82, 2.24) is 9.97 Å². The zero-order valence-electron chi connectivity index (χ0n) is 14.8. The predicted octanol–water partition coefficient (Wildman–Crippen LogP) is 3.28. The maximum Gasteiger partial charge on any atom is 0.238 e. The molecule has 1 aliphatic carbocycles. The molecule has 0 amide bonds. The average Bonchev–Trinajstić information content (AvgIpc) is 3.53. The molecule has 1 saturated carbocycles. The summed E-state index contributed by atoms with van der Waals surface area (Å²) >= 11 is 0. The summed E-state index contributed by atoms with van der Waals surface area (Å²) in [5.41, 5.74) is 3.69. The molecular formula is C20H17N5O2S. The highest BCUT2D eigenvalue weighted by atomic mass is 32.2. The lowest BCUT2D eigenvalue weighted by atomic mass is 10.0. The van der Waals surface area contributed by atoms with E-state index in [0.717, 1.165) is 5.56 Å². The summed E-state index contributed by atoms with van der Waals surface area (Å²) in [6, 6.07) is 16.2. The van der Waals surface area contributed by atoms with Crippen LogP contribution in [0.25, 0.3) is 11.3 Å². The first-order chi connectivity index (χ1) is 13.4. The molecule has 140 valence electrons. The molecule has 0 atom stereocenters. The van der Waals surface area contributed by atoms with E-state index < -0.39 is 10.0 Å². The minimum atomic E-state index is -3.75. The number of benzene rings is 2. The fraction of sp³-hybridized carbons (Fsp3) is 0.150. The van der Waals surface area contributed by atoms with E-state index in [9.17, 15) is 13.7 Å². The van der Waals surface area contributed by atoms with Crippen molar-refractivity contribution in [2.24, 2.45) is 5.14 Å². The van der Waals surface area contributed by atoms with E-state index in [1.54, 1.807) is 12.1 Å². The lowest BCUT2D eigenvalue weighted by molar-refractivity contribution is 0.598. The summed E-state index contributed by atoms with van der Waals surface area (Å²) in [5.74, 6) is 0.913. The maximum atomic E-state index is 11.4. The fourth-order valence-corrected chi connectivity index (χ4v) is 3.47. The first kappa shape index (κ1) is 18.1. The number of rotatable bonds is 5. The maximum absolute atomic E-state index is 11.4. The zero-order valence-corrected chi connectivity index (χ0v) is 15.6. The van der Waals surface area contributed by atoms with Crippen molar-refractivity contribution in [1.29, 1.82) is 5.26 Å². The number of anilines is 2. The van der Waals surface area contributed by atoms with Gasteiger partial charge >= 0.3 is 0 Å². The Morgan fingerprint density at radius 2 is 1.89 bits per heavy atom. The van der Waals surface area contributed by atoms with Crippen LogP contribution in [0.2, 0.25) is 0 Å². The van der Waals surface area contributed by atoms with Crippen LogP contribution in [0.4, 0.5) is 11.6 Å². The zero-order chi connectivity index (χ0) is 19.7. The highest BCUT2D eigenvalue weighted by Crippen LogP contribution is 2.41. The van der Waals surface area contributed by atoms with Crippen molar-refractivity contribution < 1.29 is 8.42 Å². The molecule has 0 radical (unpaired) electrons. The molecule has 4 rings (SSSR count). The summed E-state index contributed by atoms with van der Waals surface area (Å²) in [7, 11) is -3.75. The molecule has 7 nitrogen and oxygen atoms in total. The Balaban J connectivity index is 1.65. The Bertz CT molecular complexity index is 1180. The summed E-state index contributed by atoms with van der Waals surface area (Å²) in [5, 5.41) is 17.6. The van der Waals surface area contributed by atoms with Crippen LogP contribution in [0.3, 0.4) is 0 Å². The average molecular weight is 391 g/mol. The van der Waals surface area contributed by atoms with Crippen LogP contribution in [0.5, 0.6) is 0 Å². The molecule has 8 heteroatoms. The van der Waals surface area contributed by atoms with Gasteiger partial charge in [-0.1, -0.05) is 18.2 Å². The van der Waals surface area contributed by atoms with E-state index in [4.69, 9.17) is 5.14 Å². The van der Waals surface area contributed by atoms with E-state index in [-0.39, 0.29) is 4.90 Å². The van der Waals surface area contributed by atoms with Crippen molar-refractivity contribution >= 4 is 21.7 Å². The first-order valence-corrected chi connectivity index (χ1v) is 10.3. The van der Waals surface area contributed by atoms with Crippen LogP contribution >= 0.6 is 0 Å². The topological polar surface area (TPSA) is 122 Å². The summed E-state index contributed by atoms with van der Waals surface area (Å²) < 4.78 is 22.7. The third kappa shape index (κ3) is 3.86. The number of nitriles is 1. The Morgan fingerprint density at radius 3 is 2.54 bits per heavy atom. The van der Waals surface area contributed by atoms with E-state index in [1.165, 1.54) is 36.7 Å². The van der Waals surface area contributed by atoms with Crippen molar-refractivity contribution in [3.8, 4) is 17.3 Å². The van der Waals surface area contributed by atoms with Crippen LogP contribution < -0.4 is 10.5 Å². The predicted molar refractivity (Wildman–Crippen MR) is 105 cm³/mol. The van der Waals surface area contributed by atoms with Crippen molar-refractivity contribution in [2.75, 3.05) is 5.32 Å². The van der Waals surface area contributed by atoms with Gasteiger partial charge in [-0.2, -0.15) is 5.26 Å². The fourth-order valence-electron chi connectivity index (χ4n) is 2.96. The van der Waals surface area contributed by atoms with Gasteiger partial charge in [-0.05, 0) is 54.7 Å². The number of nitrogens with two attached hydrogens (primary N) is 1. The van der Waals surface area contributed by atoms with Gasteiger partial charge in [-0.25, -0.2) is 23.5 Å². The van der Waals surface area contributed by atoms with Gasteiger partial charge in [0.15, 0.2) is 0 Å². The molecule has 28 heavy (non-hydrogen) atoms. The van der Waals surface area contributed by atoms with Crippen LogP contribution in [-0.2, 0) is 10.0 Å². The molecule has 1 aliphatic rings. The molecule has 0 aliphatic heterocycles. The van der Waals surface area contributed by atoms with Gasteiger partial charge < -0.3 is 5.32 Å². The van der Waals surface area contributed by atoms with Crippen molar-refractivity contribution in [2.45, 2.75) is 23.7 Å². The van der Waals surface area contributed by atoms with Crippen LogP contribution in [0, 0.1) is 11.3 Å². The van der Waals surface area contributed by atoms with E-state index >= 15 is 0 Å². The second-order valence-corrected chi connectivity index (χ2v) is 8.22. The Morgan fingerprint density at radius 1 is 1.14 bits per heavy atom. The van der Waals surface area contributed by atoms with Gasteiger partial charge in [0.25, 0.3) is 0 Å². The third-order valence-electron chi connectivity index (χ3n) is 4.56. The van der Waals surface area contributed by atoms with Crippen LogP contribution in [-0.4, -0.2) is 18.4 Å². The molecule has 1 aromatic heterocycles. The molecule has 2 aromatic carbocycles. The Kier molecular flexibility index (Phi) is 4.55. The van der Waals surface area contributed by atoms with Gasteiger partial charge in [0, 0.05) is 11.3 Å². The number of hydrogen-bond acceptors (Lipinski definition) is 6. The highest BCUT2D eigenvalue weighted by molar-refractivity contribution is 7.89. The summed E-state index contributed by atoms with van der Waals surface area (Å²) in [6.07, 6.45) is 3.87. The molecular weight excluding hydrogens is 374 g/mol. The van der Waals surface area contributed by atoms with E-state index in [1.807, 2.05) is 12.1 Å². The highest BCUT2D eigenvalue weighted by Gasteiger charge is 2.24. The number of primary sulfonamides is 1. The SMILES string of the molecule is N#Cc1cnc(Nc2ccc(S(N)(=O)=O)cc2)nc1-c1cccc(C2CC2)c1.